The summed E-state index contributed by atoms with van der Waals surface area (Å²) in [7, 11) is 0. The van der Waals surface area contributed by atoms with Gasteiger partial charge in [0.25, 0.3) is 0 Å². The summed E-state index contributed by atoms with van der Waals surface area (Å²) in [6.45, 7) is 4.09. The molecule has 0 amide bonds. The van der Waals surface area contributed by atoms with Crippen LogP contribution in [0.4, 0.5) is 0 Å². The summed E-state index contributed by atoms with van der Waals surface area (Å²) < 4.78 is 0. The van der Waals surface area contributed by atoms with E-state index in [2.05, 4.69) is 37.3 Å². The molecule has 2 rings (SSSR count). The molecular weight excluding hydrogens is 230 g/mol. The summed E-state index contributed by atoms with van der Waals surface area (Å²) in [6, 6.07) is 14.1. The SMILES string of the molecule is Cc1ccc(C(N)c2cc(C)cc(Cl)c2)cc1. The van der Waals surface area contributed by atoms with Crippen molar-refractivity contribution in [3.8, 4) is 0 Å². The molecule has 0 aliphatic rings. The molecule has 0 aromatic heterocycles. The van der Waals surface area contributed by atoms with Crippen LogP contribution in [-0.2, 0) is 0 Å². The first-order valence-electron chi connectivity index (χ1n) is 5.65. The van der Waals surface area contributed by atoms with Gasteiger partial charge in [0.05, 0.1) is 6.04 Å². The molecule has 0 aliphatic carbocycles. The fourth-order valence-corrected chi connectivity index (χ4v) is 2.21. The van der Waals surface area contributed by atoms with E-state index in [4.69, 9.17) is 17.3 Å². The molecule has 0 saturated carbocycles. The van der Waals surface area contributed by atoms with E-state index in [9.17, 15) is 0 Å². The van der Waals surface area contributed by atoms with Gasteiger partial charge >= 0.3 is 0 Å². The highest BCUT2D eigenvalue weighted by Crippen LogP contribution is 2.24. The van der Waals surface area contributed by atoms with Crippen LogP contribution < -0.4 is 5.73 Å². The molecule has 17 heavy (non-hydrogen) atoms. The Morgan fingerprint density at radius 1 is 0.882 bits per heavy atom. The van der Waals surface area contributed by atoms with Gasteiger partial charge in [-0.15, -0.1) is 0 Å². The molecule has 0 fully saturated rings. The highest BCUT2D eigenvalue weighted by molar-refractivity contribution is 6.30. The standard InChI is InChI=1S/C15H16ClN/c1-10-3-5-12(6-4-10)15(17)13-7-11(2)8-14(16)9-13/h3-9,15H,17H2,1-2H3. The maximum atomic E-state index is 6.25. The van der Waals surface area contributed by atoms with Crippen molar-refractivity contribution in [2.24, 2.45) is 5.73 Å². The van der Waals surface area contributed by atoms with Crippen molar-refractivity contribution in [1.29, 1.82) is 0 Å². The van der Waals surface area contributed by atoms with Gasteiger partial charge in [-0.3, -0.25) is 0 Å². The lowest BCUT2D eigenvalue weighted by Crippen LogP contribution is -2.11. The summed E-state index contributed by atoms with van der Waals surface area (Å²) in [5, 5.41) is 0.738. The second-order valence-corrected chi connectivity index (χ2v) is 4.89. The Bertz CT molecular complexity index is 497. The van der Waals surface area contributed by atoms with Gasteiger partial charge in [-0.05, 0) is 42.7 Å². The van der Waals surface area contributed by atoms with Gasteiger partial charge in [0.2, 0.25) is 0 Å². The van der Waals surface area contributed by atoms with Crippen molar-refractivity contribution < 1.29 is 0 Å². The maximum absolute atomic E-state index is 6.25. The lowest BCUT2D eigenvalue weighted by molar-refractivity contribution is 0.869. The van der Waals surface area contributed by atoms with Crippen molar-refractivity contribution in [3.63, 3.8) is 0 Å². The lowest BCUT2D eigenvalue weighted by Gasteiger charge is -2.14. The van der Waals surface area contributed by atoms with E-state index < -0.39 is 0 Å². The van der Waals surface area contributed by atoms with Gasteiger partial charge in [0, 0.05) is 5.02 Å². The Morgan fingerprint density at radius 3 is 2.12 bits per heavy atom. The quantitative estimate of drug-likeness (QED) is 0.850. The number of aryl methyl sites for hydroxylation is 2. The van der Waals surface area contributed by atoms with Crippen molar-refractivity contribution in [2.45, 2.75) is 19.9 Å². The van der Waals surface area contributed by atoms with Gasteiger partial charge in [-0.25, -0.2) is 0 Å². The smallest absolute Gasteiger partial charge is 0.0552 e. The predicted octanol–water partition coefficient (Wildman–Crippen LogP) is 4.00. The van der Waals surface area contributed by atoms with Gasteiger partial charge in [0.15, 0.2) is 0 Å². The van der Waals surface area contributed by atoms with Crippen LogP contribution in [0.5, 0.6) is 0 Å². The Balaban J connectivity index is 2.36. The van der Waals surface area contributed by atoms with Gasteiger partial charge in [0.1, 0.15) is 0 Å². The number of nitrogens with two attached hydrogens (primary N) is 1. The predicted molar refractivity (Wildman–Crippen MR) is 73.4 cm³/mol. The highest BCUT2D eigenvalue weighted by atomic mass is 35.5. The Morgan fingerprint density at radius 2 is 1.53 bits per heavy atom. The first kappa shape index (κ1) is 12.2. The molecule has 1 atom stereocenters. The van der Waals surface area contributed by atoms with E-state index in [0.717, 1.165) is 21.7 Å². The van der Waals surface area contributed by atoms with E-state index in [0.29, 0.717) is 0 Å². The van der Waals surface area contributed by atoms with Crippen LogP contribution in [-0.4, -0.2) is 0 Å². The Kier molecular flexibility index (Phi) is 3.51. The zero-order valence-electron chi connectivity index (χ0n) is 10.1. The average Bonchev–Trinajstić information content (AvgIpc) is 2.28. The molecule has 0 aliphatic heterocycles. The lowest BCUT2D eigenvalue weighted by atomic mass is 9.97. The van der Waals surface area contributed by atoms with Crippen molar-refractivity contribution in [2.75, 3.05) is 0 Å². The third kappa shape index (κ3) is 2.87. The molecule has 88 valence electrons. The van der Waals surface area contributed by atoms with Crippen molar-refractivity contribution >= 4 is 11.6 Å². The van der Waals surface area contributed by atoms with E-state index in [1.165, 1.54) is 5.56 Å². The number of rotatable bonds is 2. The van der Waals surface area contributed by atoms with Crippen LogP contribution in [0.15, 0.2) is 42.5 Å². The molecule has 0 radical (unpaired) electrons. The van der Waals surface area contributed by atoms with E-state index in [-0.39, 0.29) is 6.04 Å². The monoisotopic (exact) mass is 245 g/mol. The fraction of sp³-hybridized carbons (Fsp3) is 0.200. The molecular formula is C15H16ClN. The summed E-state index contributed by atoms with van der Waals surface area (Å²) in [4.78, 5) is 0. The number of hydrogen-bond donors (Lipinski definition) is 1. The van der Waals surface area contributed by atoms with Crippen LogP contribution in [0.25, 0.3) is 0 Å². The van der Waals surface area contributed by atoms with E-state index in [1.54, 1.807) is 0 Å². The number of benzene rings is 2. The minimum atomic E-state index is -0.118. The molecule has 2 aromatic carbocycles. The highest BCUT2D eigenvalue weighted by Gasteiger charge is 2.09. The zero-order valence-corrected chi connectivity index (χ0v) is 10.8. The fourth-order valence-electron chi connectivity index (χ4n) is 1.91. The van der Waals surface area contributed by atoms with E-state index >= 15 is 0 Å². The molecule has 1 unspecified atom stereocenters. The molecule has 0 saturated heterocycles. The summed E-state index contributed by atoms with van der Waals surface area (Å²) in [5.41, 5.74) is 10.8. The third-order valence-electron chi connectivity index (χ3n) is 2.86. The van der Waals surface area contributed by atoms with E-state index in [1.807, 2.05) is 19.1 Å². The summed E-state index contributed by atoms with van der Waals surface area (Å²) in [5.74, 6) is 0. The minimum absolute atomic E-state index is 0.118. The minimum Gasteiger partial charge on any atom is -0.320 e. The first-order chi connectivity index (χ1) is 8.06. The zero-order chi connectivity index (χ0) is 12.4. The number of halogens is 1. The molecule has 2 heteroatoms. The maximum Gasteiger partial charge on any atom is 0.0552 e. The molecule has 2 N–H and O–H groups in total. The van der Waals surface area contributed by atoms with Crippen LogP contribution >= 0.6 is 11.6 Å². The van der Waals surface area contributed by atoms with Crippen LogP contribution in [0.2, 0.25) is 5.02 Å². The molecule has 1 nitrogen and oxygen atoms in total. The Hall–Kier alpha value is -1.31. The van der Waals surface area contributed by atoms with Crippen molar-refractivity contribution in [1.82, 2.24) is 0 Å². The van der Waals surface area contributed by atoms with Crippen LogP contribution in [0, 0.1) is 13.8 Å². The van der Waals surface area contributed by atoms with Crippen LogP contribution in [0.3, 0.4) is 0 Å². The third-order valence-corrected chi connectivity index (χ3v) is 3.08. The van der Waals surface area contributed by atoms with Crippen molar-refractivity contribution in [3.05, 3.63) is 69.7 Å². The second kappa shape index (κ2) is 4.91. The average molecular weight is 246 g/mol. The first-order valence-corrected chi connectivity index (χ1v) is 6.03. The summed E-state index contributed by atoms with van der Waals surface area (Å²) in [6.07, 6.45) is 0. The Labute approximate surface area is 107 Å². The molecule has 0 spiro atoms. The molecule has 2 aromatic rings. The topological polar surface area (TPSA) is 26.0 Å². The summed E-state index contributed by atoms with van der Waals surface area (Å²) >= 11 is 6.05. The number of hydrogen-bond acceptors (Lipinski definition) is 1. The largest absolute Gasteiger partial charge is 0.320 e. The van der Waals surface area contributed by atoms with Gasteiger partial charge < -0.3 is 5.73 Å². The molecule has 0 heterocycles. The van der Waals surface area contributed by atoms with Crippen LogP contribution in [0.1, 0.15) is 28.3 Å². The second-order valence-electron chi connectivity index (χ2n) is 4.45. The molecule has 0 bridgehead atoms. The van der Waals surface area contributed by atoms with Gasteiger partial charge in [-0.1, -0.05) is 47.5 Å². The normalized spacial score (nSPS) is 12.5. The van der Waals surface area contributed by atoms with Gasteiger partial charge in [-0.2, -0.15) is 0 Å².